The van der Waals surface area contributed by atoms with Gasteiger partial charge in [-0.2, -0.15) is 10.5 Å². The minimum atomic E-state index is -0.415. The fourth-order valence-electron chi connectivity index (χ4n) is 3.29. The number of hydrogen-bond acceptors (Lipinski definition) is 6. The van der Waals surface area contributed by atoms with E-state index in [2.05, 4.69) is 17.0 Å². The molecule has 0 amide bonds. The maximum Gasteiger partial charge on any atom is 0.293 e. The predicted octanol–water partition coefficient (Wildman–Crippen LogP) is 3.35. The van der Waals surface area contributed by atoms with Crippen molar-refractivity contribution >= 4 is 17.5 Å². The summed E-state index contributed by atoms with van der Waals surface area (Å²) in [6.45, 7) is 3.90. The van der Waals surface area contributed by atoms with Gasteiger partial charge in [-0.25, -0.2) is 0 Å². The first-order chi connectivity index (χ1) is 13.6. The summed E-state index contributed by atoms with van der Waals surface area (Å²) in [5.74, 6) is 0. The third kappa shape index (κ3) is 4.53. The summed E-state index contributed by atoms with van der Waals surface area (Å²) in [6.07, 6.45) is 1.36. The van der Waals surface area contributed by atoms with E-state index in [1.165, 1.54) is 17.7 Å². The van der Waals surface area contributed by atoms with Crippen molar-refractivity contribution < 1.29 is 4.92 Å². The third-order valence-electron chi connectivity index (χ3n) is 4.71. The summed E-state index contributed by atoms with van der Waals surface area (Å²) in [6, 6.07) is 18.6. The van der Waals surface area contributed by atoms with Crippen molar-refractivity contribution in [1.29, 1.82) is 10.5 Å². The highest BCUT2D eigenvalue weighted by atomic mass is 16.6. The monoisotopic (exact) mass is 373 g/mol. The van der Waals surface area contributed by atoms with Crippen LogP contribution in [0, 0.1) is 32.8 Å². The Labute approximate surface area is 163 Å². The van der Waals surface area contributed by atoms with Crippen molar-refractivity contribution in [2.75, 3.05) is 31.1 Å². The van der Waals surface area contributed by atoms with Gasteiger partial charge in [0.2, 0.25) is 0 Å². The fraction of sp³-hybridized carbons (Fsp3) is 0.238. The smallest absolute Gasteiger partial charge is 0.293 e. The van der Waals surface area contributed by atoms with Crippen molar-refractivity contribution in [3.05, 3.63) is 75.3 Å². The molecule has 140 valence electrons. The van der Waals surface area contributed by atoms with Crippen molar-refractivity contribution in [3.8, 4) is 12.1 Å². The van der Waals surface area contributed by atoms with Gasteiger partial charge in [-0.15, -0.1) is 0 Å². The molecule has 1 fully saturated rings. The van der Waals surface area contributed by atoms with Crippen LogP contribution >= 0.6 is 0 Å². The van der Waals surface area contributed by atoms with E-state index in [1.54, 1.807) is 24.3 Å². The second kappa shape index (κ2) is 8.81. The summed E-state index contributed by atoms with van der Waals surface area (Å²) in [5, 5.41) is 29.3. The van der Waals surface area contributed by atoms with Crippen LogP contribution in [0.1, 0.15) is 11.1 Å². The fourth-order valence-corrected chi connectivity index (χ4v) is 3.29. The van der Waals surface area contributed by atoms with Crippen molar-refractivity contribution in [3.63, 3.8) is 0 Å². The van der Waals surface area contributed by atoms with Gasteiger partial charge >= 0.3 is 0 Å². The molecule has 1 saturated heterocycles. The predicted molar refractivity (Wildman–Crippen MR) is 106 cm³/mol. The van der Waals surface area contributed by atoms with E-state index in [9.17, 15) is 10.1 Å². The van der Waals surface area contributed by atoms with Crippen LogP contribution in [0.3, 0.4) is 0 Å². The van der Waals surface area contributed by atoms with Crippen LogP contribution in [-0.2, 0) is 6.54 Å². The van der Waals surface area contributed by atoms with Crippen LogP contribution in [0.5, 0.6) is 0 Å². The lowest BCUT2D eigenvalue weighted by Gasteiger charge is -2.35. The SMILES string of the molecule is N#CC(C#N)=Cc1ccc(N2CCN(Cc3ccccc3)CC2)c([N+](=O)[O-])c1. The molecule has 0 spiro atoms. The lowest BCUT2D eigenvalue weighted by Crippen LogP contribution is -2.46. The quantitative estimate of drug-likeness (QED) is 0.453. The first-order valence-electron chi connectivity index (χ1n) is 8.92. The summed E-state index contributed by atoms with van der Waals surface area (Å²) < 4.78 is 0. The molecular formula is C21H19N5O2. The summed E-state index contributed by atoms with van der Waals surface area (Å²) in [7, 11) is 0. The molecule has 0 unspecified atom stereocenters. The minimum absolute atomic E-state index is 0.0134. The molecular weight excluding hydrogens is 354 g/mol. The molecule has 7 nitrogen and oxygen atoms in total. The van der Waals surface area contributed by atoms with Crippen LogP contribution < -0.4 is 4.90 Å². The van der Waals surface area contributed by atoms with E-state index in [0.717, 1.165) is 19.6 Å². The van der Waals surface area contributed by atoms with Crippen LogP contribution in [0.2, 0.25) is 0 Å². The van der Waals surface area contributed by atoms with E-state index < -0.39 is 4.92 Å². The van der Waals surface area contributed by atoms with Crippen LogP contribution in [0.4, 0.5) is 11.4 Å². The Balaban J connectivity index is 1.74. The van der Waals surface area contributed by atoms with E-state index in [1.807, 2.05) is 23.1 Å². The molecule has 0 saturated carbocycles. The number of benzene rings is 2. The Morgan fingerprint density at radius 2 is 1.75 bits per heavy atom. The number of nitro benzene ring substituents is 1. The molecule has 1 aliphatic heterocycles. The van der Waals surface area contributed by atoms with E-state index >= 15 is 0 Å². The Bertz CT molecular complexity index is 949. The molecule has 28 heavy (non-hydrogen) atoms. The number of anilines is 1. The maximum absolute atomic E-state index is 11.6. The molecule has 0 aliphatic carbocycles. The molecule has 0 radical (unpaired) electrons. The molecule has 0 atom stereocenters. The highest BCUT2D eigenvalue weighted by molar-refractivity contribution is 5.71. The number of nitrogens with zero attached hydrogens (tertiary/aromatic N) is 5. The van der Waals surface area contributed by atoms with Gasteiger partial charge in [-0.1, -0.05) is 36.4 Å². The zero-order valence-corrected chi connectivity index (χ0v) is 15.3. The highest BCUT2D eigenvalue weighted by Crippen LogP contribution is 2.31. The Hall–Kier alpha value is -3.68. The van der Waals surface area contributed by atoms with Crippen LogP contribution in [0.15, 0.2) is 54.1 Å². The highest BCUT2D eigenvalue weighted by Gasteiger charge is 2.24. The second-order valence-corrected chi connectivity index (χ2v) is 6.54. The van der Waals surface area contributed by atoms with Gasteiger partial charge < -0.3 is 4.90 Å². The van der Waals surface area contributed by atoms with E-state index in [4.69, 9.17) is 10.5 Å². The molecule has 1 heterocycles. The minimum Gasteiger partial charge on any atom is -0.363 e. The summed E-state index contributed by atoms with van der Waals surface area (Å²) in [4.78, 5) is 15.5. The van der Waals surface area contributed by atoms with Gasteiger partial charge in [0.15, 0.2) is 0 Å². The zero-order chi connectivity index (χ0) is 19.9. The van der Waals surface area contributed by atoms with E-state index in [-0.39, 0.29) is 11.3 Å². The molecule has 2 aromatic carbocycles. The zero-order valence-electron chi connectivity index (χ0n) is 15.3. The number of allylic oxidation sites excluding steroid dienone is 1. The first kappa shape index (κ1) is 19.1. The van der Waals surface area contributed by atoms with Crippen molar-refractivity contribution in [2.24, 2.45) is 0 Å². The maximum atomic E-state index is 11.6. The van der Waals surface area contributed by atoms with Crippen LogP contribution in [-0.4, -0.2) is 36.0 Å². The number of rotatable bonds is 5. The summed E-state index contributed by atoms with van der Waals surface area (Å²) >= 11 is 0. The second-order valence-electron chi connectivity index (χ2n) is 6.54. The molecule has 2 aromatic rings. The average molecular weight is 373 g/mol. The molecule has 3 rings (SSSR count). The topological polar surface area (TPSA) is 97.2 Å². The van der Waals surface area contributed by atoms with Crippen molar-refractivity contribution in [2.45, 2.75) is 6.54 Å². The lowest BCUT2D eigenvalue weighted by molar-refractivity contribution is -0.384. The lowest BCUT2D eigenvalue weighted by atomic mass is 10.1. The molecule has 0 aromatic heterocycles. The first-order valence-corrected chi connectivity index (χ1v) is 8.92. The third-order valence-corrected chi connectivity index (χ3v) is 4.71. The van der Waals surface area contributed by atoms with Gasteiger partial charge in [0.05, 0.1) is 4.92 Å². The molecule has 0 bridgehead atoms. The summed E-state index contributed by atoms with van der Waals surface area (Å²) in [5.41, 5.74) is 2.19. The van der Waals surface area contributed by atoms with Crippen molar-refractivity contribution in [1.82, 2.24) is 4.90 Å². The van der Waals surface area contributed by atoms with Gasteiger partial charge in [0, 0.05) is 38.8 Å². The Morgan fingerprint density at radius 3 is 2.36 bits per heavy atom. The molecule has 1 aliphatic rings. The Morgan fingerprint density at radius 1 is 1.07 bits per heavy atom. The van der Waals surface area contributed by atoms with Gasteiger partial charge in [-0.05, 0) is 23.3 Å². The standard InChI is InChI=1S/C21H19N5O2/c22-14-19(15-23)12-18-6-7-20(21(13-18)26(27)28)25-10-8-24(9-11-25)16-17-4-2-1-3-5-17/h1-7,12-13H,8-11,16H2. The van der Waals surface area contributed by atoms with Crippen LogP contribution in [0.25, 0.3) is 6.08 Å². The van der Waals surface area contributed by atoms with Gasteiger partial charge in [0.1, 0.15) is 23.4 Å². The largest absolute Gasteiger partial charge is 0.363 e. The molecule has 0 N–H and O–H groups in total. The number of piperazine rings is 1. The van der Waals surface area contributed by atoms with Gasteiger partial charge in [-0.3, -0.25) is 15.0 Å². The number of nitro groups is 1. The van der Waals surface area contributed by atoms with E-state index in [0.29, 0.717) is 24.3 Å². The average Bonchev–Trinajstić information content (AvgIpc) is 2.73. The number of hydrogen-bond donors (Lipinski definition) is 0. The van der Waals surface area contributed by atoms with Gasteiger partial charge in [0.25, 0.3) is 5.69 Å². The normalized spacial score (nSPS) is 14.0. The Kier molecular flexibility index (Phi) is 6.01. The number of nitriles is 2. The molecule has 7 heteroatoms.